The highest BCUT2D eigenvalue weighted by Gasteiger charge is 2.25. The largest absolute Gasteiger partial charge is 0.293 e. The molecule has 0 radical (unpaired) electrons. The van der Waals surface area contributed by atoms with E-state index in [1.165, 1.54) is 17.8 Å². The third-order valence-corrected chi connectivity index (χ3v) is 2.48. The van der Waals surface area contributed by atoms with Crippen LogP contribution >= 0.6 is 11.8 Å². The maximum atomic E-state index is 11.0. The monoisotopic (exact) mass is 151 g/mol. The molecule has 2 aliphatic heterocycles. The van der Waals surface area contributed by atoms with Crippen molar-refractivity contribution in [1.29, 1.82) is 0 Å². The molecule has 0 fully saturated rings. The zero-order valence-corrected chi connectivity index (χ0v) is 5.97. The van der Waals surface area contributed by atoms with Gasteiger partial charge >= 0.3 is 0 Å². The van der Waals surface area contributed by atoms with Crippen molar-refractivity contribution in [3.05, 3.63) is 23.8 Å². The van der Waals surface area contributed by atoms with E-state index in [9.17, 15) is 4.79 Å². The van der Waals surface area contributed by atoms with Gasteiger partial charge in [0.2, 0.25) is 0 Å². The van der Waals surface area contributed by atoms with Crippen LogP contribution in [0.3, 0.4) is 0 Å². The molecular weight excluding hydrogens is 146 g/mol. The first-order valence-corrected chi connectivity index (χ1v) is 3.92. The van der Waals surface area contributed by atoms with E-state index in [2.05, 4.69) is 4.99 Å². The first-order chi connectivity index (χ1) is 4.88. The fraction of sp³-hybridized carbons (Fsp3) is 0.143. The molecule has 2 aliphatic rings. The highest BCUT2D eigenvalue weighted by molar-refractivity contribution is 8.04. The molecule has 50 valence electrons. The number of nitrogens with zero attached hydrogens (tertiary/aromatic N) is 1. The smallest absolute Gasteiger partial charge is 0.176 e. The summed E-state index contributed by atoms with van der Waals surface area (Å²) < 4.78 is 0. The predicted octanol–water partition coefficient (Wildman–Crippen LogP) is 1.15. The number of hydrogen-bond donors (Lipinski definition) is 0. The molecular formula is C7H5NOS. The molecule has 0 saturated carbocycles. The SMILES string of the molecule is O=C1C=CN=C2C=CSC12. The van der Waals surface area contributed by atoms with Gasteiger partial charge in [-0.1, -0.05) is 0 Å². The Kier molecular flexibility index (Phi) is 1.24. The molecule has 1 atom stereocenters. The second-order valence-corrected chi connectivity index (χ2v) is 3.11. The van der Waals surface area contributed by atoms with Gasteiger partial charge in [0.1, 0.15) is 5.25 Å². The molecule has 0 spiro atoms. The van der Waals surface area contributed by atoms with Gasteiger partial charge in [0.25, 0.3) is 0 Å². The van der Waals surface area contributed by atoms with Crippen LogP contribution in [0.4, 0.5) is 0 Å². The van der Waals surface area contributed by atoms with E-state index in [-0.39, 0.29) is 11.0 Å². The van der Waals surface area contributed by atoms with E-state index >= 15 is 0 Å². The number of ketones is 1. The number of fused-ring (bicyclic) bond motifs is 1. The summed E-state index contributed by atoms with van der Waals surface area (Å²) in [7, 11) is 0. The minimum absolute atomic E-state index is 0.0370. The highest BCUT2D eigenvalue weighted by Crippen LogP contribution is 2.25. The summed E-state index contributed by atoms with van der Waals surface area (Å²) in [5.41, 5.74) is 0.887. The van der Waals surface area contributed by atoms with Crippen LogP contribution in [0, 0.1) is 0 Å². The van der Waals surface area contributed by atoms with Crippen molar-refractivity contribution in [2.45, 2.75) is 5.25 Å². The van der Waals surface area contributed by atoms with Crippen molar-refractivity contribution in [3.8, 4) is 0 Å². The first kappa shape index (κ1) is 5.92. The van der Waals surface area contributed by atoms with Crippen LogP contribution in [0.1, 0.15) is 0 Å². The summed E-state index contributed by atoms with van der Waals surface area (Å²) in [5, 5.41) is 1.87. The summed E-state index contributed by atoms with van der Waals surface area (Å²) in [6.45, 7) is 0. The number of hydrogen-bond acceptors (Lipinski definition) is 3. The lowest BCUT2D eigenvalue weighted by molar-refractivity contribution is -0.113. The zero-order chi connectivity index (χ0) is 6.97. The Labute approximate surface area is 62.7 Å². The van der Waals surface area contributed by atoms with Crippen molar-refractivity contribution >= 4 is 23.3 Å². The Morgan fingerprint density at radius 1 is 1.50 bits per heavy atom. The minimum atomic E-state index is -0.0370. The van der Waals surface area contributed by atoms with Gasteiger partial charge in [-0.3, -0.25) is 9.79 Å². The molecule has 2 heterocycles. The molecule has 0 N–H and O–H groups in total. The lowest BCUT2D eigenvalue weighted by atomic mass is 10.1. The second kappa shape index (κ2) is 2.09. The van der Waals surface area contributed by atoms with Crippen LogP contribution in [0.5, 0.6) is 0 Å². The number of carbonyl (C=O) groups is 1. The van der Waals surface area contributed by atoms with Gasteiger partial charge < -0.3 is 0 Å². The lowest BCUT2D eigenvalue weighted by Gasteiger charge is -2.07. The quantitative estimate of drug-likeness (QED) is 0.519. The molecule has 10 heavy (non-hydrogen) atoms. The van der Waals surface area contributed by atoms with E-state index < -0.39 is 0 Å². The van der Waals surface area contributed by atoms with Crippen molar-refractivity contribution in [2.24, 2.45) is 4.99 Å². The van der Waals surface area contributed by atoms with Crippen LogP contribution in [0.15, 0.2) is 28.8 Å². The Morgan fingerprint density at radius 3 is 3.20 bits per heavy atom. The number of aliphatic imine (C=N–C) groups is 1. The Balaban J connectivity index is 2.40. The summed E-state index contributed by atoms with van der Waals surface area (Å²) >= 11 is 1.52. The van der Waals surface area contributed by atoms with Crippen molar-refractivity contribution in [3.63, 3.8) is 0 Å². The summed E-state index contributed by atoms with van der Waals surface area (Å²) in [5.74, 6) is 0.153. The third kappa shape index (κ3) is 0.743. The fourth-order valence-electron chi connectivity index (χ4n) is 0.952. The molecule has 0 amide bonds. The van der Waals surface area contributed by atoms with Crippen molar-refractivity contribution < 1.29 is 4.79 Å². The first-order valence-electron chi connectivity index (χ1n) is 2.98. The van der Waals surface area contributed by atoms with Crippen LogP contribution < -0.4 is 0 Å². The van der Waals surface area contributed by atoms with Gasteiger partial charge in [0, 0.05) is 12.3 Å². The number of rotatable bonds is 0. The lowest BCUT2D eigenvalue weighted by Crippen LogP contribution is -2.22. The van der Waals surface area contributed by atoms with E-state index in [0.29, 0.717) is 0 Å². The normalized spacial score (nSPS) is 28.6. The van der Waals surface area contributed by atoms with Crippen LogP contribution in [0.2, 0.25) is 0 Å². The topological polar surface area (TPSA) is 29.4 Å². The molecule has 0 aromatic rings. The molecule has 0 aromatic carbocycles. The molecule has 0 aliphatic carbocycles. The van der Waals surface area contributed by atoms with E-state index in [4.69, 9.17) is 0 Å². The van der Waals surface area contributed by atoms with Crippen molar-refractivity contribution in [1.82, 2.24) is 0 Å². The maximum Gasteiger partial charge on any atom is 0.176 e. The van der Waals surface area contributed by atoms with Crippen LogP contribution in [-0.2, 0) is 4.79 Å². The molecule has 2 rings (SSSR count). The average molecular weight is 151 g/mol. The summed E-state index contributed by atoms with van der Waals surface area (Å²) in [4.78, 5) is 15.1. The predicted molar refractivity (Wildman–Crippen MR) is 42.1 cm³/mol. The Hall–Kier alpha value is -0.830. The van der Waals surface area contributed by atoms with Gasteiger partial charge in [-0.15, -0.1) is 11.8 Å². The highest BCUT2D eigenvalue weighted by atomic mass is 32.2. The number of allylic oxidation sites excluding steroid dienone is 2. The average Bonchev–Trinajstić information content (AvgIpc) is 2.36. The fourth-order valence-corrected chi connectivity index (χ4v) is 1.82. The number of carbonyl (C=O) groups excluding carboxylic acids is 1. The van der Waals surface area contributed by atoms with Crippen LogP contribution in [-0.4, -0.2) is 16.7 Å². The molecule has 0 bridgehead atoms. The molecule has 0 aromatic heterocycles. The van der Waals surface area contributed by atoms with E-state index in [0.717, 1.165) is 5.71 Å². The zero-order valence-electron chi connectivity index (χ0n) is 5.15. The van der Waals surface area contributed by atoms with E-state index in [1.54, 1.807) is 6.20 Å². The van der Waals surface area contributed by atoms with Gasteiger partial charge in [0.15, 0.2) is 5.78 Å². The molecule has 1 unspecified atom stereocenters. The van der Waals surface area contributed by atoms with E-state index in [1.807, 2.05) is 11.5 Å². The van der Waals surface area contributed by atoms with Gasteiger partial charge in [-0.25, -0.2) is 0 Å². The van der Waals surface area contributed by atoms with Gasteiger partial charge in [-0.05, 0) is 11.5 Å². The Bertz CT molecular complexity index is 265. The summed E-state index contributed by atoms with van der Waals surface area (Å²) in [6.07, 6.45) is 4.97. The maximum absolute atomic E-state index is 11.0. The second-order valence-electron chi connectivity index (χ2n) is 2.09. The van der Waals surface area contributed by atoms with Crippen LogP contribution in [0.25, 0.3) is 0 Å². The Morgan fingerprint density at radius 2 is 2.40 bits per heavy atom. The standard InChI is InChI=1S/C7H5NOS/c9-6-1-3-8-5-2-4-10-7(5)6/h1-4,7H. The third-order valence-electron chi connectivity index (χ3n) is 1.44. The van der Waals surface area contributed by atoms with Gasteiger partial charge in [0.05, 0.1) is 5.71 Å². The number of thioether (sulfide) groups is 1. The van der Waals surface area contributed by atoms with Gasteiger partial charge in [-0.2, -0.15) is 0 Å². The molecule has 0 saturated heterocycles. The molecule has 3 heteroatoms. The van der Waals surface area contributed by atoms with Crippen molar-refractivity contribution in [2.75, 3.05) is 0 Å². The summed E-state index contributed by atoms with van der Waals surface area (Å²) in [6, 6.07) is 0. The minimum Gasteiger partial charge on any atom is -0.293 e. The molecule has 2 nitrogen and oxygen atoms in total.